The monoisotopic (exact) mass is 257 g/mol. The Labute approximate surface area is 102 Å². The number of H-pyrrole nitrogens is 1. The first-order valence-electron chi connectivity index (χ1n) is 5.66. The van der Waals surface area contributed by atoms with E-state index < -0.39 is 18.6 Å². The highest BCUT2D eigenvalue weighted by atomic mass is 19.4. The molecule has 18 heavy (non-hydrogen) atoms. The first-order valence-corrected chi connectivity index (χ1v) is 5.66. The number of imidazole rings is 1. The SMILES string of the molecule is CC(CC(F)(F)F)NCc1ccc2nc[nH]c2c1. The van der Waals surface area contributed by atoms with Crippen LogP contribution in [0.5, 0.6) is 0 Å². The number of nitrogens with one attached hydrogen (secondary N) is 2. The van der Waals surface area contributed by atoms with E-state index in [1.54, 1.807) is 6.33 Å². The Kier molecular flexibility index (Phi) is 3.56. The van der Waals surface area contributed by atoms with Crippen LogP contribution in [-0.2, 0) is 6.54 Å². The van der Waals surface area contributed by atoms with E-state index in [0.29, 0.717) is 6.54 Å². The summed E-state index contributed by atoms with van der Waals surface area (Å²) in [6, 6.07) is 4.99. The van der Waals surface area contributed by atoms with Crippen LogP contribution in [0.2, 0.25) is 0 Å². The van der Waals surface area contributed by atoms with Crippen LogP contribution in [0, 0.1) is 0 Å². The average molecular weight is 257 g/mol. The highest BCUT2D eigenvalue weighted by Gasteiger charge is 2.29. The second-order valence-electron chi connectivity index (χ2n) is 4.36. The Bertz CT molecular complexity index is 519. The number of aromatic nitrogens is 2. The van der Waals surface area contributed by atoms with Crippen LogP contribution in [0.1, 0.15) is 18.9 Å². The van der Waals surface area contributed by atoms with Crippen LogP contribution in [0.15, 0.2) is 24.5 Å². The summed E-state index contributed by atoms with van der Waals surface area (Å²) in [5, 5.41) is 2.86. The van der Waals surface area contributed by atoms with Crippen LogP contribution in [0.4, 0.5) is 13.2 Å². The first kappa shape index (κ1) is 12.9. The molecule has 0 aliphatic heterocycles. The molecular weight excluding hydrogens is 243 g/mol. The maximum atomic E-state index is 12.1. The van der Waals surface area contributed by atoms with E-state index in [1.165, 1.54) is 6.92 Å². The van der Waals surface area contributed by atoms with E-state index in [4.69, 9.17) is 0 Å². The minimum Gasteiger partial charge on any atom is -0.345 e. The Morgan fingerprint density at radius 3 is 2.89 bits per heavy atom. The zero-order chi connectivity index (χ0) is 13.2. The summed E-state index contributed by atoms with van der Waals surface area (Å²) in [6.45, 7) is 1.94. The molecule has 1 atom stereocenters. The number of benzene rings is 1. The molecule has 1 aromatic heterocycles. The van der Waals surface area contributed by atoms with Crippen LogP contribution in [-0.4, -0.2) is 22.2 Å². The van der Waals surface area contributed by atoms with Crippen LogP contribution in [0.25, 0.3) is 11.0 Å². The van der Waals surface area contributed by atoms with Gasteiger partial charge in [0.25, 0.3) is 0 Å². The third kappa shape index (κ3) is 3.46. The molecule has 1 unspecified atom stereocenters. The van der Waals surface area contributed by atoms with Crippen molar-refractivity contribution in [2.75, 3.05) is 0 Å². The lowest BCUT2D eigenvalue weighted by Gasteiger charge is -2.15. The molecule has 0 saturated heterocycles. The second kappa shape index (κ2) is 4.97. The Morgan fingerprint density at radius 1 is 1.39 bits per heavy atom. The fourth-order valence-corrected chi connectivity index (χ4v) is 1.80. The zero-order valence-electron chi connectivity index (χ0n) is 9.88. The molecule has 2 N–H and O–H groups in total. The summed E-state index contributed by atoms with van der Waals surface area (Å²) in [6.07, 6.45) is -3.35. The molecule has 0 aliphatic rings. The van der Waals surface area contributed by atoms with E-state index in [9.17, 15) is 13.2 Å². The first-order chi connectivity index (χ1) is 8.44. The minimum atomic E-state index is -4.13. The molecule has 2 aromatic rings. The van der Waals surface area contributed by atoms with Gasteiger partial charge in [0.05, 0.1) is 23.8 Å². The lowest BCUT2D eigenvalue weighted by atomic mass is 10.1. The molecule has 0 amide bonds. The van der Waals surface area contributed by atoms with E-state index >= 15 is 0 Å². The molecule has 0 fully saturated rings. The van der Waals surface area contributed by atoms with Crippen molar-refractivity contribution in [3.05, 3.63) is 30.1 Å². The predicted molar refractivity (Wildman–Crippen MR) is 63.1 cm³/mol. The van der Waals surface area contributed by atoms with Gasteiger partial charge in [-0.05, 0) is 24.6 Å². The molecule has 0 bridgehead atoms. The van der Waals surface area contributed by atoms with Crippen LogP contribution in [0.3, 0.4) is 0 Å². The van der Waals surface area contributed by atoms with Crippen molar-refractivity contribution >= 4 is 11.0 Å². The molecule has 2 rings (SSSR count). The van der Waals surface area contributed by atoms with Gasteiger partial charge in [0.2, 0.25) is 0 Å². The third-order valence-electron chi connectivity index (χ3n) is 2.68. The Morgan fingerprint density at radius 2 is 2.17 bits per heavy atom. The van der Waals surface area contributed by atoms with Gasteiger partial charge in [-0.25, -0.2) is 4.98 Å². The van der Waals surface area contributed by atoms with E-state index in [0.717, 1.165) is 16.6 Å². The topological polar surface area (TPSA) is 40.7 Å². The lowest BCUT2D eigenvalue weighted by molar-refractivity contribution is -0.139. The van der Waals surface area contributed by atoms with Gasteiger partial charge in [0.1, 0.15) is 0 Å². The lowest BCUT2D eigenvalue weighted by Crippen LogP contribution is -2.30. The van der Waals surface area contributed by atoms with E-state index in [-0.39, 0.29) is 0 Å². The van der Waals surface area contributed by atoms with Gasteiger partial charge in [0, 0.05) is 12.6 Å². The Balaban J connectivity index is 1.93. The normalized spacial score (nSPS) is 14.0. The van der Waals surface area contributed by atoms with Gasteiger partial charge >= 0.3 is 6.18 Å². The van der Waals surface area contributed by atoms with Crippen molar-refractivity contribution < 1.29 is 13.2 Å². The maximum Gasteiger partial charge on any atom is 0.390 e. The molecule has 0 radical (unpaired) electrons. The van der Waals surface area contributed by atoms with Crippen molar-refractivity contribution in [3.63, 3.8) is 0 Å². The number of hydrogen-bond acceptors (Lipinski definition) is 2. The number of rotatable bonds is 4. The van der Waals surface area contributed by atoms with Crippen molar-refractivity contribution in [1.82, 2.24) is 15.3 Å². The summed E-state index contributed by atoms with van der Waals surface area (Å²) in [5.41, 5.74) is 2.67. The highest BCUT2D eigenvalue weighted by molar-refractivity contribution is 5.74. The largest absolute Gasteiger partial charge is 0.390 e. The molecule has 3 nitrogen and oxygen atoms in total. The second-order valence-corrected chi connectivity index (χ2v) is 4.36. The van der Waals surface area contributed by atoms with Crippen molar-refractivity contribution in [2.24, 2.45) is 0 Å². The van der Waals surface area contributed by atoms with Crippen molar-refractivity contribution in [3.8, 4) is 0 Å². The molecule has 0 aliphatic carbocycles. The number of alkyl halides is 3. The van der Waals surface area contributed by atoms with Gasteiger partial charge in [0.15, 0.2) is 0 Å². The van der Waals surface area contributed by atoms with Gasteiger partial charge in [-0.1, -0.05) is 6.07 Å². The molecule has 1 aromatic carbocycles. The molecule has 98 valence electrons. The molecule has 6 heteroatoms. The zero-order valence-corrected chi connectivity index (χ0v) is 9.88. The molecular formula is C12H14F3N3. The van der Waals surface area contributed by atoms with Crippen molar-refractivity contribution in [2.45, 2.75) is 32.1 Å². The standard InChI is InChI=1S/C12H14F3N3/c1-8(5-12(13,14)15)16-6-9-2-3-10-11(4-9)18-7-17-10/h2-4,7-8,16H,5-6H2,1H3,(H,17,18). The quantitative estimate of drug-likeness (QED) is 0.884. The molecule has 0 saturated carbocycles. The summed E-state index contributed by atoms with van der Waals surface area (Å²) < 4.78 is 36.4. The smallest absolute Gasteiger partial charge is 0.345 e. The van der Waals surface area contributed by atoms with E-state index in [1.807, 2.05) is 18.2 Å². The van der Waals surface area contributed by atoms with Crippen molar-refractivity contribution in [1.29, 1.82) is 0 Å². The third-order valence-corrected chi connectivity index (χ3v) is 2.68. The summed E-state index contributed by atoms with van der Waals surface area (Å²) in [5.74, 6) is 0. The van der Waals surface area contributed by atoms with Gasteiger partial charge in [-0.15, -0.1) is 0 Å². The number of hydrogen-bond donors (Lipinski definition) is 2. The minimum absolute atomic E-state index is 0.409. The summed E-state index contributed by atoms with van der Waals surface area (Å²) in [7, 11) is 0. The van der Waals surface area contributed by atoms with Gasteiger partial charge in [-0.3, -0.25) is 0 Å². The number of nitrogens with zero attached hydrogens (tertiary/aromatic N) is 1. The number of halogens is 3. The molecule has 0 spiro atoms. The van der Waals surface area contributed by atoms with Crippen LogP contribution >= 0.6 is 0 Å². The highest BCUT2D eigenvalue weighted by Crippen LogP contribution is 2.21. The number of fused-ring (bicyclic) bond motifs is 1. The molecule has 1 heterocycles. The number of aromatic amines is 1. The summed E-state index contributed by atoms with van der Waals surface area (Å²) >= 11 is 0. The fraction of sp³-hybridized carbons (Fsp3) is 0.417. The van der Waals surface area contributed by atoms with Crippen LogP contribution < -0.4 is 5.32 Å². The van der Waals surface area contributed by atoms with Gasteiger partial charge < -0.3 is 10.3 Å². The summed E-state index contributed by atoms with van der Waals surface area (Å²) in [4.78, 5) is 7.05. The predicted octanol–water partition coefficient (Wildman–Crippen LogP) is 2.99. The average Bonchev–Trinajstić information content (AvgIpc) is 2.71. The maximum absolute atomic E-state index is 12.1. The van der Waals surface area contributed by atoms with E-state index in [2.05, 4.69) is 15.3 Å². The van der Waals surface area contributed by atoms with Gasteiger partial charge in [-0.2, -0.15) is 13.2 Å². The fourth-order valence-electron chi connectivity index (χ4n) is 1.80. The Hall–Kier alpha value is -1.56.